The summed E-state index contributed by atoms with van der Waals surface area (Å²) >= 11 is 0. The zero-order chi connectivity index (χ0) is 30.6. The van der Waals surface area contributed by atoms with E-state index < -0.39 is 5.97 Å². The van der Waals surface area contributed by atoms with Crippen LogP contribution in [0.15, 0.2) is 36.4 Å². The Morgan fingerprint density at radius 3 is 2.43 bits per heavy atom. The number of aromatic nitrogens is 1. The molecule has 2 atom stereocenters. The van der Waals surface area contributed by atoms with Crippen molar-refractivity contribution in [3.8, 4) is 17.0 Å². The molecule has 228 valence electrons. The van der Waals surface area contributed by atoms with Gasteiger partial charge in [0.2, 0.25) is 0 Å². The maximum atomic E-state index is 12.6. The molecule has 0 unspecified atom stereocenters. The lowest BCUT2D eigenvalue weighted by atomic mass is 9.70. The van der Waals surface area contributed by atoms with E-state index >= 15 is 0 Å². The zero-order valence-corrected chi connectivity index (χ0v) is 26.8. The Bertz CT molecular complexity index is 1420. The summed E-state index contributed by atoms with van der Waals surface area (Å²) < 4.78 is 8.13. The normalized spacial score (nSPS) is 20.3. The molecule has 2 heterocycles. The van der Waals surface area contributed by atoms with E-state index in [9.17, 15) is 14.7 Å². The van der Waals surface area contributed by atoms with Gasteiger partial charge in [0.15, 0.2) is 0 Å². The molecule has 5 rings (SSSR count). The van der Waals surface area contributed by atoms with Gasteiger partial charge in [-0.25, -0.2) is 4.79 Å². The number of benzene rings is 2. The molecule has 6 nitrogen and oxygen atoms in total. The number of carboxylic acids is 1. The SMILES string of the molecule is CC.COc1ccc2c(c1)[C@H](C)[C@@](C)(CCCC(=O)CN(C)C)Cn1c-2c(C2CCCCC2)c2ccc(C(=O)O)cc21. The summed E-state index contributed by atoms with van der Waals surface area (Å²) in [5.41, 5.74) is 6.34. The molecule has 2 aromatic carbocycles. The van der Waals surface area contributed by atoms with Crippen LogP contribution in [-0.2, 0) is 11.3 Å². The van der Waals surface area contributed by atoms with Gasteiger partial charge in [-0.1, -0.05) is 53.0 Å². The fraction of sp³-hybridized carbons (Fsp3) is 0.556. The quantitative estimate of drug-likeness (QED) is 0.277. The van der Waals surface area contributed by atoms with Gasteiger partial charge < -0.3 is 19.3 Å². The van der Waals surface area contributed by atoms with Gasteiger partial charge in [-0.2, -0.15) is 0 Å². The number of carbonyl (C=O) groups excluding carboxylic acids is 1. The molecule has 6 heteroatoms. The van der Waals surface area contributed by atoms with Gasteiger partial charge in [0, 0.05) is 29.4 Å². The van der Waals surface area contributed by atoms with E-state index in [-0.39, 0.29) is 17.1 Å². The van der Waals surface area contributed by atoms with E-state index in [2.05, 4.69) is 36.6 Å². The highest BCUT2D eigenvalue weighted by Crippen LogP contribution is 2.53. The van der Waals surface area contributed by atoms with Crippen LogP contribution in [0.2, 0.25) is 0 Å². The van der Waals surface area contributed by atoms with E-state index in [0.717, 1.165) is 30.7 Å². The van der Waals surface area contributed by atoms with Crippen LogP contribution in [0, 0.1) is 5.41 Å². The first-order chi connectivity index (χ1) is 20.1. The second-order valence-corrected chi connectivity index (χ2v) is 12.7. The Balaban J connectivity index is 0.00000198. The van der Waals surface area contributed by atoms with Gasteiger partial charge in [0.1, 0.15) is 11.5 Å². The van der Waals surface area contributed by atoms with Crippen molar-refractivity contribution in [1.82, 2.24) is 9.47 Å². The highest BCUT2D eigenvalue weighted by Gasteiger charge is 2.40. The maximum Gasteiger partial charge on any atom is 0.335 e. The Morgan fingerprint density at radius 1 is 1.07 bits per heavy atom. The van der Waals surface area contributed by atoms with Crippen LogP contribution in [-0.4, -0.2) is 54.1 Å². The number of carbonyl (C=O) groups is 2. The lowest BCUT2D eigenvalue weighted by Gasteiger charge is -2.36. The second-order valence-electron chi connectivity index (χ2n) is 12.7. The summed E-state index contributed by atoms with van der Waals surface area (Å²) in [5.74, 6) is 0.909. The lowest BCUT2D eigenvalue weighted by molar-refractivity contribution is -0.119. The van der Waals surface area contributed by atoms with Crippen LogP contribution in [0.5, 0.6) is 5.75 Å². The van der Waals surface area contributed by atoms with Crippen LogP contribution in [0.25, 0.3) is 22.2 Å². The largest absolute Gasteiger partial charge is 0.497 e. The second kappa shape index (κ2) is 13.5. The summed E-state index contributed by atoms with van der Waals surface area (Å²) in [6.45, 7) is 9.91. The van der Waals surface area contributed by atoms with Crippen molar-refractivity contribution >= 4 is 22.7 Å². The van der Waals surface area contributed by atoms with Gasteiger partial charge in [-0.05, 0) is 98.5 Å². The Hall–Kier alpha value is -3.12. The Morgan fingerprint density at radius 2 is 1.79 bits per heavy atom. The first-order valence-electron chi connectivity index (χ1n) is 15.9. The van der Waals surface area contributed by atoms with Crippen molar-refractivity contribution in [3.05, 3.63) is 53.1 Å². The van der Waals surface area contributed by atoms with E-state index in [1.54, 1.807) is 13.2 Å². The first-order valence-corrected chi connectivity index (χ1v) is 15.9. The molecular weight excluding hydrogens is 524 g/mol. The van der Waals surface area contributed by atoms with Crippen LogP contribution in [0.1, 0.15) is 112 Å². The molecule has 3 aromatic rings. The molecule has 1 aliphatic heterocycles. The highest BCUT2D eigenvalue weighted by atomic mass is 16.5. The third-order valence-electron chi connectivity index (χ3n) is 9.61. The fourth-order valence-electron chi connectivity index (χ4n) is 7.30. The van der Waals surface area contributed by atoms with E-state index in [4.69, 9.17) is 4.74 Å². The van der Waals surface area contributed by atoms with E-state index in [1.165, 1.54) is 59.9 Å². The average molecular weight is 575 g/mol. The molecule has 0 amide bonds. The minimum Gasteiger partial charge on any atom is -0.497 e. The van der Waals surface area contributed by atoms with Crippen LogP contribution in [0.4, 0.5) is 0 Å². The van der Waals surface area contributed by atoms with Gasteiger partial charge in [0.25, 0.3) is 0 Å². The molecule has 0 spiro atoms. The first kappa shape index (κ1) is 31.8. The smallest absolute Gasteiger partial charge is 0.335 e. The van der Waals surface area contributed by atoms with Crippen LogP contribution < -0.4 is 4.74 Å². The van der Waals surface area contributed by atoms with Crippen molar-refractivity contribution in [2.24, 2.45) is 5.41 Å². The summed E-state index contributed by atoms with van der Waals surface area (Å²) in [6.07, 6.45) is 8.38. The molecule has 0 bridgehead atoms. The van der Waals surface area contributed by atoms with Gasteiger partial charge in [-0.15, -0.1) is 0 Å². The summed E-state index contributed by atoms with van der Waals surface area (Å²) in [4.78, 5) is 26.6. The number of hydrogen-bond donors (Lipinski definition) is 1. The third kappa shape index (κ3) is 6.29. The predicted molar refractivity (Wildman–Crippen MR) is 172 cm³/mol. The minimum atomic E-state index is -0.897. The van der Waals surface area contributed by atoms with E-state index in [0.29, 0.717) is 24.4 Å². The molecule has 0 saturated heterocycles. The average Bonchev–Trinajstić information content (AvgIpc) is 3.25. The number of fused-ring (bicyclic) bond motifs is 5. The van der Waals surface area contributed by atoms with Gasteiger partial charge in [-0.3, -0.25) is 4.79 Å². The number of aromatic carboxylic acids is 1. The van der Waals surface area contributed by atoms with Crippen LogP contribution in [0.3, 0.4) is 0 Å². The molecule has 0 radical (unpaired) electrons. The monoisotopic (exact) mass is 574 g/mol. The lowest BCUT2D eigenvalue weighted by Crippen LogP contribution is -2.29. The van der Waals surface area contributed by atoms with Crippen molar-refractivity contribution in [2.45, 2.75) is 97.4 Å². The number of ketones is 1. The maximum absolute atomic E-state index is 12.6. The van der Waals surface area contributed by atoms with Crippen LogP contribution >= 0.6 is 0 Å². The number of Topliss-reactive ketones (excluding diaryl/α,β-unsaturated/α-hetero) is 1. The molecule has 1 saturated carbocycles. The predicted octanol–water partition coefficient (Wildman–Crippen LogP) is 8.51. The number of methoxy groups -OCH3 is 1. The molecule has 2 aliphatic rings. The molecule has 42 heavy (non-hydrogen) atoms. The number of nitrogens with zero attached hydrogens (tertiary/aromatic N) is 2. The molecule has 1 N–H and O–H groups in total. The molecule has 1 aliphatic carbocycles. The van der Waals surface area contributed by atoms with E-state index in [1.807, 2.05) is 45.0 Å². The Kier molecular flexibility index (Phi) is 10.2. The zero-order valence-electron chi connectivity index (χ0n) is 26.8. The summed E-state index contributed by atoms with van der Waals surface area (Å²) in [6, 6.07) is 12.2. The van der Waals surface area contributed by atoms with Crippen molar-refractivity contribution < 1.29 is 19.4 Å². The number of hydrogen-bond acceptors (Lipinski definition) is 4. The Labute approximate surface area is 252 Å². The minimum absolute atomic E-state index is 0.139. The van der Waals surface area contributed by atoms with Crippen molar-refractivity contribution in [1.29, 1.82) is 0 Å². The van der Waals surface area contributed by atoms with Crippen molar-refractivity contribution in [2.75, 3.05) is 27.7 Å². The highest BCUT2D eigenvalue weighted by molar-refractivity contribution is 5.98. The van der Waals surface area contributed by atoms with Gasteiger partial charge >= 0.3 is 5.97 Å². The fourth-order valence-corrected chi connectivity index (χ4v) is 7.30. The number of ether oxygens (including phenoxy) is 1. The van der Waals surface area contributed by atoms with Crippen molar-refractivity contribution in [3.63, 3.8) is 0 Å². The number of carboxylic acid groups (broad SMARTS) is 1. The van der Waals surface area contributed by atoms with Gasteiger partial charge in [0.05, 0.1) is 24.9 Å². The molecular formula is C36H50N2O4. The molecule has 1 fully saturated rings. The number of likely N-dealkylation sites (N-methyl/N-ethyl adjacent to an activating group) is 1. The topological polar surface area (TPSA) is 71.8 Å². The summed E-state index contributed by atoms with van der Waals surface area (Å²) in [7, 11) is 5.59. The third-order valence-corrected chi connectivity index (χ3v) is 9.61. The number of rotatable bonds is 9. The summed E-state index contributed by atoms with van der Waals surface area (Å²) in [5, 5.41) is 11.1. The molecule has 1 aromatic heterocycles. The standard InChI is InChI=1S/C34H44N2O4.C2H6/c1-22-29-19-26(40-5)14-16-27(29)32-31(23-10-7-6-8-11-23)28-15-13-24(33(38)39)18-30(28)36(32)21-34(22,2)17-9-12-25(37)20-35(3)4;1-2/h13-16,18-19,22-23H,6-12,17,20-21H2,1-5H3,(H,38,39);1-2H3/t22-,34-;/m0./s1.